The van der Waals surface area contributed by atoms with Gasteiger partial charge in [-0.25, -0.2) is 0 Å². The Morgan fingerprint density at radius 2 is 2.11 bits per heavy atom. The van der Waals surface area contributed by atoms with E-state index < -0.39 is 0 Å². The third kappa shape index (κ3) is 3.25. The molecule has 1 aliphatic heterocycles. The zero-order chi connectivity index (χ0) is 14.0. The number of hydrogen-bond donors (Lipinski definition) is 1. The Kier molecular flexibility index (Phi) is 5.13. The fraction of sp³-hybridized carbons (Fsp3) is 0.600. The van der Waals surface area contributed by atoms with Crippen molar-refractivity contribution in [1.82, 2.24) is 4.90 Å². The van der Waals surface area contributed by atoms with E-state index in [1.165, 1.54) is 12.8 Å². The van der Waals surface area contributed by atoms with Gasteiger partial charge in [-0.1, -0.05) is 42.3 Å². The second-order valence-electron chi connectivity index (χ2n) is 5.61. The predicted octanol–water partition coefficient (Wildman–Crippen LogP) is 4.11. The van der Waals surface area contributed by atoms with Crippen LogP contribution < -0.4 is 5.73 Å². The van der Waals surface area contributed by atoms with E-state index in [4.69, 9.17) is 28.9 Å². The van der Waals surface area contributed by atoms with Crippen LogP contribution >= 0.6 is 23.2 Å². The first-order chi connectivity index (χ1) is 9.04. The van der Waals surface area contributed by atoms with E-state index in [9.17, 15) is 0 Å². The maximum absolute atomic E-state index is 6.35. The van der Waals surface area contributed by atoms with Crippen LogP contribution in [0.15, 0.2) is 18.2 Å². The molecule has 3 atom stereocenters. The second kappa shape index (κ2) is 6.45. The summed E-state index contributed by atoms with van der Waals surface area (Å²) in [4.78, 5) is 2.47. The molecule has 0 spiro atoms. The molecule has 1 saturated heterocycles. The van der Waals surface area contributed by atoms with E-state index in [0.717, 1.165) is 18.0 Å². The maximum atomic E-state index is 6.35. The fourth-order valence-corrected chi connectivity index (χ4v) is 3.54. The predicted molar refractivity (Wildman–Crippen MR) is 82.8 cm³/mol. The van der Waals surface area contributed by atoms with Crippen LogP contribution in [0, 0.1) is 5.92 Å². The molecule has 0 radical (unpaired) electrons. The van der Waals surface area contributed by atoms with Crippen molar-refractivity contribution in [1.29, 1.82) is 0 Å². The number of benzene rings is 1. The topological polar surface area (TPSA) is 29.3 Å². The first kappa shape index (κ1) is 15.1. The normalized spacial score (nSPS) is 26.4. The highest BCUT2D eigenvalue weighted by Crippen LogP contribution is 2.36. The molecule has 2 N–H and O–H groups in total. The van der Waals surface area contributed by atoms with Crippen LogP contribution in [0.5, 0.6) is 0 Å². The summed E-state index contributed by atoms with van der Waals surface area (Å²) in [5.41, 5.74) is 7.06. The summed E-state index contributed by atoms with van der Waals surface area (Å²) >= 11 is 12.5. The van der Waals surface area contributed by atoms with Gasteiger partial charge in [0.25, 0.3) is 0 Å². The molecule has 106 valence electrons. The minimum absolute atomic E-state index is 0.161. The number of hydrogen-bond acceptors (Lipinski definition) is 2. The van der Waals surface area contributed by atoms with Gasteiger partial charge in [0.1, 0.15) is 0 Å². The van der Waals surface area contributed by atoms with Gasteiger partial charge < -0.3 is 5.73 Å². The van der Waals surface area contributed by atoms with Gasteiger partial charge in [0.05, 0.1) is 10.0 Å². The molecule has 1 fully saturated rings. The van der Waals surface area contributed by atoms with Crippen molar-refractivity contribution in [2.45, 2.75) is 38.8 Å². The summed E-state index contributed by atoms with van der Waals surface area (Å²) in [6, 6.07) is 6.50. The van der Waals surface area contributed by atoms with Crippen molar-refractivity contribution < 1.29 is 0 Å². The van der Waals surface area contributed by atoms with Crippen LogP contribution in [0.2, 0.25) is 10.0 Å². The Morgan fingerprint density at radius 1 is 1.37 bits per heavy atom. The first-order valence-electron chi connectivity index (χ1n) is 6.94. The molecular formula is C15H22Cl2N2. The molecule has 1 aromatic rings. The van der Waals surface area contributed by atoms with Crippen molar-refractivity contribution >= 4 is 23.2 Å². The molecule has 0 aliphatic carbocycles. The number of nitrogens with two attached hydrogens (primary N) is 1. The average Bonchev–Trinajstić information content (AvgIpc) is 2.37. The van der Waals surface area contributed by atoms with Crippen molar-refractivity contribution in [2.24, 2.45) is 11.7 Å². The molecule has 0 saturated carbocycles. The highest BCUT2D eigenvalue weighted by molar-refractivity contribution is 6.42. The van der Waals surface area contributed by atoms with E-state index >= 15 is 0 Å². The van der Waals surface area contributed by atoms with Crippen LogP contribution in [0.25, 0.3) is 0 Å². The van der Waals surface area contributed by atoms with Gasteiger partial charge in [-0.2, -0.15) is 0 Å². The lowest BCUT2D eigenvalue weighted by atomic mass is 9.90. The molecule has 1 heterocycles. The highest BCUT2D eigenvalue weighted by atomic mass is 35.5. The first-order valence-corrected chi connectivity index (χ1v) is 7.70. The molecule has 2 nitrogen and oxygen atoms in total. The summed E-state index contributed by atoms with van der Waals surface area (Å²) < 4.78 is 0. The van der Waals surface area contributed by atoms with E-state index in [0.29, 0.717) is 22.6 Å². The van der Waals surface area contributed by atoms with Crippen molar-refractivity contribution in [3.8, 4) is 0 Å². The van der Waals surface area contributed by atoms with Crippen LogP contribution in [0.4, 0.5) is 0 Å². The standard InChI is InChI=1S/C15H22Cl2N2/c1-10-6-7-19(11(2)8-10)14(9-18)12-4-3-5-13(16)15(12)17/h3-5,10-11,14H,6-9,18H2,1-2H3. The smallest absolute Gasteiger partial charge is 0.0640 e. The lowest BCUT2D eigenvalue weighted by Gasteiger charge is -2.41. The van der Waals surface area contributed by atoms with Gasteiger partial charge in [-0.3, -0.25) is 4.90 Å². The van der Waals surface area contributed by atoms with Crippen LogP contribution in [0.1, 0.15) is 38.3 Å². The SMILES string of the molecule is CC1CCN(C(CN)c2cccc(Cl)c2Cl)C(C)C1. The Hall–Kier alpha value is -0.280. The summed E-state index contributed by atoms with van der Waals surface area (Å²) in [7, 11) is 0. The van der Waals surface area contributed by atoms with Gasteiger partial charge in [0, 0.05) is 18.6 Å². The minimum atomic E-state index is 0.161. The average molecular weight is 301 g/mol. The molecular weight excluding hydrogens is 279 g/mol. The molecule has 1 aromatic carbocycles. The van der Waals surface area contributed by atoms with Crippen LogP contribution in [-0.4, -0.2) is 24.0 Å². The number of piperidine rings is 1. The van der Waals surface area contributed by atoms with Crippen molar-refractivity contribution in [3.05, 3.63) is 33.8 Å². The molecule has 4 heteroatoms. The Labute approximate surface area is 125 Å². The number of rotatable bonds is 3. The molecule has 3 unspecified atom stereocenters. The molecule has 0 aromatic heterocycles. The lowest BCUT2D eigenvalue weighted by Crippen LogP contribution is -2.45. The number of halogens is 2. The van der Waals surface area contributed by atoms with Gasteiger partial charge in [0.15, 0.2) is 0 Å². The molecule has 0 bridgehead atoms. The largest absolute Gasteiger partial charge is 0.329 e. The molecule has 2 rings (SSSR count). The third-order valence-corrected chi connectivity index (χ3v) is 4.99. The van der Waals surface area contributed by atoms with Gasteiger partial charge in [-0.05, 0) is 43.9 Å². The van der Waals surface area contributed by atoms with Crippen molar-refractivity contribution in [3.63, 3.8) is 0 Å². The fourth-order valence-electron chi connectivity index (χ4n) is 3.11. The summed E-state index contributed by atoms with van der Waals surface area (Å²) in [6.45, 7) is 6.24. The maximum Gasteiger partial charge on any atom is 0.0640 e. The van der Waals surface area contributed by atoms with Gasteiger partial charge in [0.2, 0.25) is 0 Å². The quantitative estimate of drug-likeness (QED) is 0.910. The summed E-state index contributed by atoms with van der Waals surface area (Å²) in [6.07, 6.45) is 2.44. The molecule has 1 aliphatic rings. The van der Waals surface area contributed by atoms with Gasteiger partial charge >= 0.3 is 0 Å². The molecule has 19 heavy (non-hydrogen) atoms. The molecule has 0 amide bonds. The highest BCUT2D eigenvalue weighted by Gasteiger charge is 2.30. The Balaban J connectivity index is 2.27. The number of likely N-dealkylation sites (tertiary alicyclic amines) is 1. The zero-order valence-electron chi connectivity index (χ0n) is 11.6. The second-order valence-corrected chi connectivity index (χ2v) is 6.40. The van der Waals surface area contributed by atoms with E-state index in [1.54, 1.807) is 0 Å². The third-order valence-electron chi connectivity index (χ3n) is 4.15. The summed E-state index contributed by atoms with van der Waals surface area (Å²) in [5, 5.41) is 1.25. The number of nitrogens with zero attached hydrogens (tertiary/aromatic N) is 1. The lowest BCUT2D eigenvalue weighted by molar-refractivity contribution is 0.0848. The van der Waals surface area contributed by atoms with Gasteiger partial charge in [-0.15, -0.1) is 0 Å². The minimum Gasteiger partial charge on any atom is -0.329 e. The Bertz CT molecular complexity index is 436. The van der Waals surface area contributed by atoms with Crippen LogP contribution in [0.3, 0.4) is 0 Å². The van der Waals surface area contributed by atoms with Crippen molar-refractivity contribution in [2.75, 3.05) is 13.1 Å². The van der Waals surface area contributed by atoms with E-state index in [2.05, 4.69) is 18.7 Å². The van der Waals surface area contributed by atoms with E-state index in [1.807, 2.05) is 18.2 Å². The summed E-state index contributed by atoms with van der Waals surface area (Å²) in [5.74, 6) is 0.791. The monoisotopic (exact) mass is 300 g/mol. The Morgan fingerprint density at radius 3 is 2.74 bits per heavy atom. The zero-order valence-corrected chi connectivity index (χ0v) is 13.1. The van der Waals surface area contributed by atoms with Crippen LogP contribution in [-0.2, 0) is 0 Å². The van der Waals surface area contributed by atoms with E-state index in [-0.39, 0.29) is 6.04 Å².